The van der Waals surface area contributed by atoms with E-state index in [1.54, 1.807) is 0 Å². The molecule has 0 amide bonds. The summed E-state index contributed by atoms with van der Waals surface area (Å²) in [6.07, 6.45) is 0. The highest BCUT2D eigenvalue weighted by molar-refractivity contribution is 6.10. The second kappa shape index (κ2) is 13.4. The Morgan fingerprint density at radius 3 is 1.56 bits per heavy atom. The number of para-hydroxylation sites is 4. The Bertz CT molecular complexity index is 3060. The molecule has 0 spiro atoms. The van der Waals surface area contributed by atoms with E-state index >= 15 is 0 Å². The maximum Gasteiger partial charge on any atom is 0.0629 e. The van der Waals surface area contributed by atoms with Gasteiger partial charge in [-0.2, -0.15) is 0 Å². The van der Waals surface area contributed by atoms with E-state index in [0.717, 1.165) is 66.5 Å². The molecule has 10 aromatic rings. The molecule has 0 unspecified atom stereocenters. The molecule has 0 radical (unpaired) electrons. The number of aromatic nitrogens is 1. The third-order valence-electron chi connectivity index (χ3n) is 10.3. The second-order valence-corrected chi connectivity index (χ2v) is 13.7. The van der Waals surface area contributed by atoms with Gasteiger partial charge in [0.1, 0.15) is 0 Å². The van der Waals surface area contributed by atoms with Crippen molar-refractivity contribution in [3.8, 4) is 16.8 Å². The Morgan fingerprint density at radius 1 is 0.370 bits per heavy atom. The summed E-state index contributed by atoms with van der Waals surface area (Å²) in [7, 11) is 0. The van der Waals surface area contributed by atoms with Crippen molar-refractivity contribution in [1.82, 2.24) is 4.57 Å². The molecule has 1 heterocycles. The van der Waals surface area contributed by atoms with Crippen LogP contribution in [0, 0.1) is 0 Å². The summed E-state index contributed by atoms with van der Waals surface area (Å²) >= 11 is 0. The van der Waals surface area contributed by atoms with Crippen LogP contribution in [0.25, 0.3) is 72.3 Å². The van der Waals surface area contributed by atoms with Crippen LogP contribution in [-0.4, -0.2) is 4.57 Å². The Labute approximate surface area is 317 Å². The summed E-state index contributed by atoms with van der Waals surface area (Å²) in [5, 5.41) is 6.70. The molecule has 0 fully saturated rings. The summed E-state index contributed by atoms with van der Waals surface area (Å²) in [6.45, 7) is 0. The van der Waals surface area contributed by atoms with Crippen LogP contribution in [0.2, 0.25) is 0 Å². The number of hydrogen-bond acceptors (Lipinski definition) is 1. The van der Waals surface area contributed by atoms with Gasteiger partial charge in [-0.3, -0.25) is 0 Å². The lowest BCUT2D eigenvalue weighted by atomic mass is 9.98. The predicted molar refractivity (Wildman–Crippen MR) is 231 cm³/mol. The third kappa shape index (κ3) is 5.81. The van der Waals surface area contributed by atoms with Gasteiger partial charge in [0, 0.05) is 33.5 Å². The van der Waals surface area contributed by atoms with E-state index in [4.69, 9.17) is 2.74 Å². The van der Waals surface area contributed by atoms with Gasteiger partial charge in [-0.1, -0.05) is 139 Å². The van der Waals surface area contributed by atoms with E-state index in [-0.39, 0.29) is 12.1 Å². The molecular weight excluding hydrogens is 653 g/mol. The third-order valence-corrected chi connectivity index (χ3v) is 10.3. The number of fused-ring (bicyclic) bond motifs is 5. The summed E-state index contributed by atoms with van der Waals surface area (Å²) in [5.74, 6) is 0. The van der Waals surface area contributed by atoms with Gasteiger partial charge in [0.2, 0.25) is 0 Å². The minimum absolute atomic E-state index is 0.198. The fourth-order valence-electron chi connectivity index (χ4n) is 7.70. The molecule has 0 aliphatic heterocycles. The summed E-state index contributed by atoms with van der Waals surface area (Å²) < 4.78 is 20.5. The maximum absolute atomic E-state index is 9.09. The summed E-state index contributed by atoms with van der Waals surface area (Å²) in [5.41, 5.74) is 10.5. The number of benzene rings is 9. The fourth-order valence-corrected chi connectivity index (χ4v) is 7.70. The van der Waals surface area contributed by atoms with E-state index in [1.807, 2.05) is 36.4 Å². The number of rotatable bonds is 7. The molecule has 2 nitrogen and oxygen atoms in total. The molecule has 0 bridgehead atoms. The first kappa shape index (κ1) is 29.4. The lowest BCUT2D eigenvalue weighted by Gasteiger charge is -2.25. The van der Waals surface area contributed by atoms with Gasteiger partial charge in [0.05, 0.1) is 13.8 Å². The van der Waals surface area contributed by atoms with Gasteiger partial charge < -0.3 is 9.47 Å². The first-order chi connectivity index (χ1) is 27.6. The fraction of sp³-hybridized carbons (Fsp3) is 0. The van der Waals surface area contributed by atoms with Gasteiger partial charge in [0.25, 0.3) is 0 Å². The molecule has 54 heavy (non-hydrogen) atoms. The van der Waals surface area contributed by atoms with Gasteiger partial charge >= 0.3 is 0 Å². The molecule has 0 aliphatic rings. The Morgan fingerprint density at radius 2 is 0.870 bits per heavy atom. The highest BCUT2D eigenvalue weighted by Crippen LogP contribution is 2.37. The molecular formula is C52H36N2. The van der Waals surface area contributed by atoms with Crippen molar-refractivity contribution in [2.24, 2.45) is 0 Å². The quantitative estimate of drug-likeness (QED) is 0.151. The van der Waals surface area contributed by atoms with Crippen molar-refractivity contribution >= 4 is 72.5 Å². The smallest absolute Gasteiger partial charge is 0.0629 e. The van der Waals surface area contributed by atoms with E-state index < -0.39 is 0 Å². The molecule has 0 atom stereocenters. The van der Waals surface area contributed by atoms with Crippen LogP contribution in [0.1, 0.15) is 13.9 Å². The molecule has 0 aliphatic carbocycles. The second-order valence-electron chi connectivity index (χ2n) is 13.7. The zero-order valence-electron chi connectivity index (χ0n) is 31.5. The first-order valence-corrected chi connectivity index (χ1v) is 18.3. The maximum atomic E-state index is 9.09. The van der Waals surface area contributed by atoms with Gasteiger partial charge in [-0.05, 0) is 123 Å². The van der Waals surface area contributed by atoms with Crippen LogP contribution >= 0.6 is 0 Å². The van der Waals surface area contributed by atoms with E-state index in [1.165, 1.54) is 21.8 Å². The monoisotopic (exact) mass is 690 g/mol. The van der Waals surface area contributed by atoms with Crippen molar-refractivity contribution in [2.45, 2.75) is 0 Å². The SMILES string of the molecule is [2H]/C(=C(/[2H])c1ccc2cc(N(c3ccccc3)c3ccccc3)ccc2c1)c1ccc2cc(-c3ccc4c5ccccc5n(-c5ccccc5)c4c3)ccc2c1. The highest BCUT2D eigenvalue weighted by Gasteiger charge is 2.14. The lowest BCUT2D eigenvalue weighted by Crippen LogP contribution is -2.09. The lowest BCUT2D eigenvalue weighted by molar-refractivity contribution is 1.18. The minimum Gasteiger partial charge on any atom is -0.310 e. The van der Waals surface area contributed by atoms with Crippen molar-refractivity contribution in [3.05, 3.63) is 217 Å². The van der Waals surface area contributed by atoms with Gasteiger partial charge in [-0.15, -0.1) is 0 Å². The van der Waals surface area contributed by atoms with Gasteiger partial charge in [0.15, 0.2) is 0 Å². The Hall–Kier alpha value is -7.16. The van der Waals surface area contributed by atoms with Crippen LogP contribution < -0.4 is 4.90 Å². The molecule has 0 saturated heterocycles. The summed E-state index contributed by atoms with van der Waals surface area (Å²) in [6, 6.07) is 72.1. The normalized spacial score (nSPS) is 12.5. The topological polar surface area (TPSA) is 8.17 Å². The first-order valence-electron chi connectivity index (χ1n) is 19.3. The Balaban J connectivity index is 0.962. The minimum atomic E-state index is 0.198. The van der Waals surface area contributed by atoms with Crippen molar-refractivity contribution < 1.29 is 2.74 Å². The molecule has 254 valence electrons. The van der Waals surface area contributed by atoms with Crippen LogP contribution in [0.5, 0.6) is 0 Å². The molecule has 9 aromatic carbocycles. The average molecular weight is 691 g/mol. The highest BCUT2D eigenvalue weighted by atomic mass is 15.1. The van der Waals surface area contributed by atoms with Crippen molar-refractivity contribution in [3.63, 3.8) is 0 Å². The average Bonchev–Trinajstić information content (AvgIpc) is 3.60. The Kier molecular flexibility index (Phi) is 7.32. The van der Waals surface area contributed by atoms with Crippen LogP contribution in [0.15, 0.2) is 206 Å². The zero-order valence-corrected chi connectivity index (χ0v) is 29.5. The van der Waals surface area contributed by atoms with Gasteiger partial charge in [-0.25, -0.2) is 0 Å². The standard InChI is InChI=1S/C52H36N2/c1-4-12-45(13-5-1)53(46-14-6-2-7-15-46)48-30-28-40-33-38(23-25-43(40)35-48)21-20-37-22-24-41-34-42(27-26-39(41)32-37)44-29-31-50-49-18-10-11-19-51(49)54(52(50)36-44)47-16-8-3-9-17-47/h1-36H/b21-20+/i20D,21D. The van der Waals surface area contributed by atoms with E-state index in [0.29, 0.717) is 0 Å². The van der Waals surface area contributed by atoms with Crippen LogP contribution in [0.3, 0.4) is 0 Å². The molecule has 0 saturated carbocycles. The van der Waals surface area contributed by atoms with Crippen molar-refractivity contribution in [2.75, 3.05) is 4.90 Å². The van der Waals surface area contributed by atoms with Crippen LogP contribution in [-0.2, 0) is 0 Å². The number of nitrogens with zero attached hydrogens (tertiary/aromatic N) is 2. The van der Waals surface area contributed by atoms with E-state index in [2.05, 4.69) is 179 Å². The zero-order chi connectivity index (χ0) is 37.6. The predicted octanol–water partition coefficient (Wildman–Crippen LogP) is 14.4. The number of anilines is 3. The molecule has 1 aromatic heterocycles. The molecule has 2 heteroatoms. The largest absolute Gasteiger partial charge is 0.310 e. The molecule has 10 rings (SSSR count). The molecule has 0 N–H and O–H groups in total. The van der Waals surface area contributed by atoms with E-state index in [9.17, 15) is 0 Å². The van der Waals surface area contributed by atoms with Crippen molar-refractivity contribution in [1.29, 1.82) is 0 Å². The summed E-state index contributed by atoms with van der Waals surface area (Å²) in [4.78, 5) is 2.25. The number of hydrogen-bond donors (Lipinski definition) is 0. The van der Waals surface area contributed by atoms with Crippen LogP contribution in [0.4, 0.5) is 17.1 Å².